The zero-order chi connectivity index (χ0) is 8.43. The van der Waals surface area contributed by atoms with Gasteiger partial charge in [0.1, 0.15) is 0 Å². The van der Waals surface area contributed by atoms with Gasteiger partial charge in [-0.2, -0.15) is 0 Å². The molecule has 0 heterocycles. The zero-order valence-electron chi connectivity index (χ0n) is 7.21. The molecule has 2 unspecified atom stereocenters. The SMILES string of the molecule is CC(C)CC1CCC1C(=O)O. The first-order valence-corrected chi connectivity index (χ1v) is 4.34. The first-order chi connectivity index (χ1) is 5.11. The van der Waals surface area contributed by atoms with Crippen LogP contribution in [0.2, 0.25) is 0 Å². The second-order valence-corrected chi connectivity index (χ2v) is 3.91. The van der Waals surface area contributed by atoms with Crippen molar-refractivity contribution in [2.75, 3.05) is 0 Å². The molecule has 1 N–H and O–H groups in total. The summed E-state index contributed by atoms with van der Waals surface area (Å²) in [4.78, 5) is 10.6. The molecule has 1 aliphatic carbocycles. The molecule has 0 aromatic rings. The maximum atomic E-state index is 10.6. The van der Waals surface area contributed by atoms with E-state index in [-0.39, 0.29) is 5.92 Å². The molecule has 0 aromatic heterocycles. The Morgan fingerprint density at radius 1 is 1.55 bits per heavy atom. The van der Waals surface area contributed by atoms with E-state index in [0.29, 0.717) is 11.8 Å². The van der Waals surface area contributed by atoms with E-state index < -0.39 is 5.97 Å². The maximum absolute atomic E-state index is 10.6. The van der Waals surface area contributed by atoms with E-state index >= 15 is 0 Å². The summed E-state index contributed by atoms with van der Waals surface area (Å²) in [5, 5.41) is 8.72. The van der Waals surface area contributed by atoms with Crippen molar-refractivity contribution < 1.29 is 9.90 Å². The summed E-state index contributed by atoms with van der Waals surface area (Å²) in [5.41, 5.74) is 0. The van der Waals surface area contributed by atoms with E-state index in [4.69, 9.17) is 5.11 Å². The van der Waals surface area contributed by atoms with Gasteiger partial charge < -0.3 is 5.11 Å². The summed E-state index contributed by atoms with van der Waals surface area (Å²) >= 11 is 0. The van der Waals surface area contributed by atoms with Crippen molar-refractivity contribution in [3.63, 3.8) is 0 Å². The highest BCUT2D eigenvalue weighted by Gasteiger charge is 2.36. The van der Waals surface area contributed by atoms with Crippen molar-refractivity contribution >= 4 is 5.97 Å². The number of rotatable bonds is 3. The number of carboxylic acid groups (broad SMARTS) is 1. The lowest BCUT2D eigenvalue weighted by atomic mass is 9.70. The third kappa shape index (κ3) is 1.95. The van der Waals surface area contributed by atoms with Crippen molar-refractivity contribution in [1.82, 2.24) is 0 Å². The van der Waals surface area contributed by atoms with Gasteiger partial charge in [0, 0.05) is 0 Å². The van der Waals surface area contributed by atoms with E-state index in [2.05, 4.69) is 13.8 Å². The average molecular weight is 156 g/mol. The molecular formula is C9H16O2. The standard InChI is InChI=1S/C9H16O2/c1-6(2)5-7-3-4-8(7)9(10)11/h6-8H,3-5H2,1-2H3,(H,10,11). The molecule has 2 heteroatoms. The molecule has 0 saturated heterocycles. The first kappa shape index (κ1) is 8.57. The minimum atomic E-state index is -0.595. The first-order valence-electron chi connectivity index (χ1n) is 4.34. The average Bonchev–Trinajstić information content (AvgIpc) is 1.78. The number of hydrogen-bond donors (Lipinski definition) is 1. The van der Waals surface area contributed by atoms with Crippen LogP contribution in [0.4, 0.5) is 0 Å². The molecule has 1 saturated carbocycles. The van der Waals surface area contributed by atoms with Crippen LogP contribution in [-0.4, -0.2) is 11.1 Å². The van der Waals surface area contributed by atoms with Gasteiger partial charge in [-0.15, -0.1) is 0 Å². The summed E-state index contributed by atoms with van der Waals surface area (Å²) in [6, 6.07) is 0. The Balaban J connectivity index is 2.31. The van der Waals surface area contributed by atoms with Crippen LogP contribution in [0, 0.1) is 17.8 Å². The predicted octanol–water partition coefficient (Wildman–Crippen LogP) is 2.14. The van der Waals surface area contributed by atoms with Crippen LogP contribution in [0.5, 0.6) is 0 Å². The van der Waals surface area contributed by atoms with E-state index in [9.17, 15) is 4.79 Å². The highest BCUT2D eigenvalue weighted by atomic mass is 16.4. The molecule has 11 heavy (non-hydrogen) atoms. The highest BCUT2D eigenvalue weighted by molar-refractivity contribution is 5.71. The lowest BCUT2D eigenvalue weighted by Gasteiger charge is -2.34. The molecule has 1 aliphatic rings. The maximum Gasteiger partial charge on any atom is 0.306 e. The lowest BCUT2D eigenvalue weighted by molar-refractivity contribution is -0.148. The molecule has 0 aliphatic heterocycles. The van der Waals surface area contributed by atoms with Gasteiger partial charge in [-0.3, -0.25) is 4.79 Å². The second-order valence-electron chi connectivity index (χ2n) is 3.91. The van der Waals surface area contributed by atoms with Crippen molar-refractivity contribution in [3.05, 3.63) is 0 Å². The summed E-state index contributed by atoms with van der Waals surface area (Å²) in [6.07, 6.45) is 3.10. The van der Waals surface area contributed by atoms with E-state index in [1.165, 1.54) is 0 Å². The predicted molar refractivity (Wildman–Crippen MR) is 43.3 cm³/mol. The van der Waals surface area contributed by atoms with E-state index in [1.54, 1.807) is 0 Å². The largest absolute Gasteiger partial charge is 0.481 e. The lowest BCUT2D eigenvalue weighted by Crippen LogP contribution is -2.33. The van der Waals surface area contributed by atoms with Gasteiger partial charge in [-0.05, 0) is 31.1 Å². The van der Waals surface area contributed by atoms with Crippen molar-refractivity contribution in [3.8, 4) is 0 Å². The van der Waals surface area contributed by atoms with Crippen LogP contribution in [0.1, 0.15) is 33.1 Å². The number of aliphatic carboxylic acids is 1. The molecule has 0 aromatic carbocycles. The Kier molecular flexibility index (Phi) is 2.53. The Bertz CT molecular complexity index is 152. The van der Waals surface area contributed by atoms with Crippen molar-refractivity contribution in [2.45, 2.75) is 33.1 Å². The minimum Gasteiger partial charge on any atom is -0.481 e. The molecule has 1 fully saturated rings. The highest BCUT2D eigenvalue weighted by Crippen LogP contribution is 2.38. The fraction of sp³-hybridized carbons (Fsp3) is 0.889. The Labute approximate surface area is 67.6 Å². The Hall–Kier alpha value is -0.530. The van der Waals surface area contributed by atoms with Gasteiger partial charge in [0.2, 0.25) is 0 Å². The van der Waals surface area contributed by atoms with E-state index in [0.717, 1.165) is 19.3 Å². The fourth-order valence-corrected chi connectivity index (χ4v) is 1.78. The molecule has 0 spiro atoms. The van der Waals surface area contributed by atoms with Gasteiger partial charge in [0.25, 0.3) is 0 Å². The smallest absolute Gasteiger partial charge is 0.306 e. The third-order valence-corrected chi connectivity index (χ3v) is 2.51. The van der Waals surface area contributed by atoms with Gasteiger partial charge >= 0.3 is 5.97 Å². The topological polar surface area (TPSA) is 37.3 Å². The van der Waals surface area contributed by atoms with E-state index in [1.807, 2.05) is 0 Å². The summed E-state index contributed by atoms with van der Waals surface area (Å²) in [6.45, 7) is 4.30. The van der Waals surface area contributed by atoms with Gasteiger partial charge in [-0.1, -0.05) is 13.8 Å². The van der Waals surface area contributed by atoms with Crippen molar-refractivity contribution in [1.29, 1.82) is 0 Å². The van der Waals surface area contributed by atoms with Crippen LogP contribution < -0.4 is 0 Å². The van der Waals surface area contributed by atoms with Gasteiger partial charge in [0.15, 0.2) is 0 Å². The molecule has 0 bridgehead atoms. The van der Waals surface area contributed by atoms with Crippen LogP contribution >= 0.6 is 0 Å². The molecule has 0 amide bonds. The minimum absolute atomic E-state index is 0.0302. The molecular weight excluding hydrogens is 140 g/mol. The molecule has 2 nitrogen and oxygen atoms in total. The summed E-state index contributed by atoms with van der Waals surface area (Å²) < 4.78 is 0. The fourth-order valence-electron chi connectivity index (χ4n) is 1.78. The third-order valence-electron chi connectivity index (χ3n) is 2.51. The summed E-state index contributed by atoms with van der Waals surface area (Å²) in [5.74, 6) is 0.481. The van der Waals surface area contributed by atoms with Crippen molar-refractivity contribution in [2.24, 2.45) is 17.8 Å². The molecule has 64 valence electrons. The normalized spacial score (nSPS) is 30.1. The molecule has 0 radical (unpaired) electrons. The van der Waals surface area contributed by atoms with Gasteiger partial charge in [-0.25, -0.2) is 0 Å². The van der Waals surface area contributed by atoms with Crippen LogP contribution in [0.15, 0.2) is 0 Å². The zero-order valence-corrected chi connectivity index (χ0v) is 7.21. The van der Waals surface area contributed by atoms with Crippen LogP contribution in [-0.2, 0) is 4.79 Å². The quantitative estimate of drug-likeness (QED) is 0.679. The van der Waals surface area contributed by atoms with Gasteiger partial charge in [0.05, 0.1) is 5.92 Å². The Morgan fingerprint density at radius 3 is 2.45 bits per heavy atom. The molecule has 1 rings (SSSR count). The molecule has 2 atom stereocenters. The Morgan fingerprint density at radius 2 is 2.18 bits per heavy atom. The van der Waals surface area contributed by atoms with Crippen LogP contribution in [0.25, 0.3) is 0 Å². The number of carbonyl (C=O) groups is 1. The monoisotopic (exact) mass is 156 g/mol. The number of hydrogen-bond acceptors (Lipinski definition) is 1. The second kappa shape index (κ2) is 3.24. The summed E-state index contributed by atoms with van der Waals surface area (Å²) in [7, 11) is 0. The van der Waals surface area contributed by atoms with Crippen LogP contribution in [0.3, 0.4) is 0 Å². The number of carboxylic acids is 1.